The quantitative estimate of drug-likeness (QED) is 0.719. The Morgan fingerprint density at radius 2 is 1.80 bits per heavy atom. The number of aromatic nitrogens is 1. The van der Waals surface area contributed by atoms with Crippen LogP contribution in [0.2, 0.25) is 0 Å². The lowest BCUT2D eigenvalue weighted by Crippen LogP contribution is -2.41. The summed E-state index contributed by atoms with van der Waals surface area (Å²) in [6.45, 7) is 0. The number of hydrogen-bond acceptors (Lipinski definition) is 3. The number of carbonyl (C=O) groups excluding carboxylic acids is 2. The van der Waals surface area contributed by atoms with Crippen LogP contribution in [0, 0.1) is 5.82 Å². The van der Waals surface area contributed by atoms with Crippen molar-refractivity contribution < 1.29 is 18.7 Å². The molecule has 0 bridgehead atoms. The third kappa shape index (κ3) is 3.16. The summed E-state index contributed by atoms with van der Waals surface area (Å²) < 4.78 is 20.3. The molecule has 0 aliphatic heterocycles. The van der Waals surface area contributed by atoms with Gasteiger partial charge >= 0.3 is 0 Å². The predicted molar refractivity (Wildman–Crippen MR) is 90.8 cm³/mol. The Balaban J connectivity index is 1.73. The van der Waals surface area contributed by atoms with E-state index in [9.17, 15) is 14.0 Å². The molecule has 25 heavy (non-hydrogen) atoms. The summed E-state index contributed by atoms with van der Waals surface area (Å²) in [5.41, 5.74) is 6.02. The second-order valence-corrected chi connectivity index (χ2v) is 5.43. The number of hydrogen-bond donors (Lipinski definition) is 2. The Kier molecular flexibility index (Phi) is 4.38. The van der Waals surface area contributed by atoms with Crippen LogP contribution in [-0.2, 0) is 7.05 Å². The molecule has 0 saturated heterocycles. The van der Waals surface area contributed by atoms with Crippen LogP contribution in [0.5, 0.6) is 5.75 Å². The van der Waals surface area contributed by atoms with E-state index in [2.05, 4.69) is 10.9 Å². The van der Waals surface area contributed by atoms with Gasteiger partial charge in [0.15, 0.2) is 11.6 Å². The maximum atomic E-state index is 13.7. The summed E-state index contributed by atoms with van der Waals surface area (Å²) in [4.78, 5) is 24.4. The van der Waals surface area contributed by atoms with Gasteiger partial charge in [-0.15, -0.1) is 0 Å². The highest BCUT2D eigenvalue weighted by Gasteiger charge is 2.15. The second kappa shape index (κ2) is 6.64. The Bertz CT molecular complexity index is 965. The third-order valence-electron chi connectivity index (χ3n) is 3.85. The molecular formula is C18H16FN3O3. The molecule has 0 saturated carbocycles. The average molecular weight is 341 g/mol. The van der Waals surface area contributed by atoms with E-state index < -0.39 is 17.6 Å². The molecule has 2 N–H and O–H groups in total. The number of methoxy groups -OCH3 is 1. The number of ether oxygens (including phenoxy) is 1. The van der Waals surface area contributed by atoms with E-state index in [1.54, 1.807) is 6.20 Å². The van der Waals surface area contributed by atoms with Crippen LogP contribution < -0.4 is 15.6 Å². The first kappa shape index (κ1) is 16.5. The van der Waals surface area contributed by atoms with Gasteiger partial charge in [-0.05, 0) is 24.3 Å². The molecule has 0 atom stereocenters. The molecule has 0 aliphatic rings. The largest absolute Gasteiger partial charge is 0.494 e. The molecule has 0 fully saturated rings. The van der Waals surface area contributed by atoms with E-state index in [-0.39, 0.29) is 11.3 Å². The number of benzene rings is 2. The van der Waals surface area contributed by atoms with Crippen molar-refractivity contribution in [2.24, 2.45) is 7.05 Å². The van der Waals surface area contributed by atoms with Crippen molar-refractivity contribution in [1.82, 2.24) is 15.4 Å². The molecular weight excluding hydrogens is 325 g/mol. The molecule has 0 radical (unpaired) electrons. The molecule has 128 valence electrons. The highest BCUT2D eigenvalue weighted by atomic mass is 19.1. The van der Waals surface area contributed by atoms with E-state index >= 15 is 0 Å². The van der Waals surface area contributed by atoms with Gasteiger partial charge in [0.05, 0.1) is 12.7 Å². The fourth-order valence-electron chi connectivity index (χ4n) is 2.58. The minimum Gasteiger partial charge on any atom is -0.494 e. The molecule has 3 rings (SSSR count). The van der Waals surface area contributed by atoms with Crippen LogP contribution in [0.1, 0.15) is 20.7 Å². The van der Waals surface area contributed by atoms with Gasteiger partial charge in [0, 0.05) is 29.7 Å². The summed E-state index contributed by atoms with van der Waals surface area (Å²) in [6, 6.07) is 11.2. The summed E-state index contributed by atoms with van der Waals surface area (Å²) in [5.74, 6) is -1.71. The van der Waals surface area contributed by atoms with Crippen LogP contribution in [0.25, 0.3) is 10.9 Å². The zero-order valence-electron chi connectivity index (χ0n) is 13.7. The molecule has 1 heterocycles. The molecule has 0 spiro atoms. The van der Waals surface area contributed by atoms with Crippen molar-refractivity contribution >= 4 is 22.7 Å². The first-order valence-electron chi connectivity index (χ1n) is 7.49. The van der Waals surface area contributed by atoms with Crippen LogP contribution in [0.15, 0.2) is 48.7 Å². The third-order valence-corrected chi connectivity index (χ3v) is 3.85. The Hall–Kier alpha value is -3.35. The highest BCUT2D eigenvalue weighted by molar-refractivity contribution is 6.07. The normalized spacial score (nSPS) is 10.5. The predicted octanol–water partition coefficient (Wildman–Crippen LogP) is 2.40. The number of nitrogens with one attached hydrogen (secondary N) is 2. The lowest BCUT2D eigenvalue weighted by molar-refractivity contribution is 0.0847. The number of carbonyl (C=O) groups is 2. The minimum atomic E-state index is -0.657. The first-order valence-corrected chi connectivity index (χ1v) is 7.49. The van der Waals surface area contributed by atoms with Gasteiger partial charge in [0.1, 0.15) is 0 Å². The molecule has 6 nitrogen and oxygen atoms in total. The van der Waals surface area contributed by atoms with Gasteiger partial charge in [0.25, 0.3) is 11.8 Å². The number of nitrogens with zero attached hydrogens (tertiary/aromatic N) is 1. The zero-order chi connectivity index (χ0) is 18.0. The van der Waals surface area contributed by atoms with E-state index in [0.717, 1.165) is 17.0 Å². The Morgan fingerprint density at radius 1 is 1.08 bits per heavy atom. The highest BCUT2D eigenvalue weighted by Crippen LogP contribution is 2.20. The van der Waals surface area contributed by atoms with Gasteiger partial charge in [0.2, 0.25) is 0 Å². The number of amides is 2. The van der Waals surface area contributed by atoms with Gasteiger partial charge < -0.3 is 9.30 Å². The lowest BCUT2D eigenvalue weighted by Gasteiger charge is -2.08. The van der Waals surface area contributed by atoms with Crippen molar-refractivity contribution in [2.75, 3.05) is 7.11 Å². The number of rotatable bonds is 3. The molecule has 2 amide bonds. The number of fused-ring (bicyclic) bond motifs is 1. The van der Waals surface area contributed by atoms with Gasteiger partial charge in [-0.1, -0.05) is 18.2 Å². The monoisotopic (exact) mass is 341 g/mol. The molecule has 3 aromatic rings. The van der Waals surface area contributed by atoms with Gasteiger partial charge in [-0.25, -0.2) is 4.39 Å². The fraction of sp³-hybridized carbons (Fsp3) is 0.111. The van der Waals surface area contributed by atoms with Crippen molar-refractivity contribution in [3.63, 3.8) is 0 Å². The van der Waals surface area contributed by atoms with Crippen LogP contribution in [0.3, 0.4) is 0 Å². The van der Waals surface area contributed by atoms with Crippen LogP contribution in [0.4, 0.5) is 4.39 Å². The number of aryl methyl sites for hydroxylation is 1. The number of para-hydroxylation sites is 1. The van der Waals surface area contributed by atoms with Crippen molar-refractivity contribution in [3.8, 4) is 5.75 Å². The lowest BCUT2D eigenvalue weighted by atomic mass is 10.1. The van der Waals surface area contributed by atoms with Gasteiger partial charge in [-0.2, -0.15) is 0 Å². The van der Waals surface area contributed by atoms with Crippen LogP contribution >= 0.6 is 0 Å². The summed E-state index contributed by atoms with van der Waals surface area (Å²) >= 11 is 0. The molecule has 1 aromatic heterocycles. The van der Waals surface area contributed by atoms with Crippen molar-refractivity contribution in [3.05, 3.63) is 65.6 Å². The Morgan fingerprint density at radius 3 is 2.52 bits per heavy atom. The number of hydrazine groups is 1. The first-order chi connectivity index (χ1) is 12.0. The zero-order valence-corrected chi connectivity index (χ0v) is 13.7. The molecule has 2 aromatic carbocycles. The number of halogens is 1. The SMILES string of the molecule is COc1ccc(C(=O)NNC(=O)c2cn(C)c3ccccc23)cc1F. The summed E-state index contributed by atoms with van der Waals surface area (Å²) in [7, 11) is 3.17. The summed E-state index contributed by atoms with van der Waals surface area (Å²) in [5, 5.41) is 0.771. The van der Waals surface area contributed by atoms with E-state index in [0.29, 0.717) is 5.56 Å². The maximum absolute atomic E-state index is 13.7. The summed E-state index contributed by atoms with van der Waals surface area (Å²) in [6.07, 6.45) is 1.68. The van der Waals surface area contributed by atoms with Crippen molar-refractivity contribution in [2.45, 2.75) is 0 Å². The molecule has 0 unspecified atom stereocenters. The van der Waals surface area contributed by atoms with E-state index in [1.165, 1.54) is 19.2 Å². The topological polar surface area (TPSA) is 72.4 Å². The second-order valence-electron chi connectivity index (χ2n) is 5.43. The Labute approximate surface area is 143 Å². The van der Waals surface area contributed by atoms with Crippen molar-refractivity contribution in [1.29, 1.82) is 0 Å². The van der Waals surface area contributed by atoms with E-state index in [4.69, 9.17) is 4.74 Å². The maximum Gasteiger partial charge on any atom is 0.271 e. The minimum absolute atomic E-state index is 0.0383. The smallest absolute Gasteiger partial charge is 0.271 e. The fourth-order valence-corrected chi connectivity index (χ4v) is 2.58. The van der Waals surface area contributed by atoms with Gasteiger partial charge in [-0.3, -0.25) is 20.4 Å². The van der Waals surface area contributed by atoms with Crippen LogP contribution in [-0.4, -0.2) is 23.5 Å². The average Bonchev–Trinajstić information content (AvgIpc) is 2.96. The van der Waals surface area contributed by atoms with E-state index in [1.807, 2.05) is 35.9 Å². The molecule has 0 aliphatic carbocycles. The standard InChI is InChI=1S/C18H16FN3O3/c1-22-10-13(12-5-3-4-6-15(12)22)18(24)21-20-17(23)11-7-8-16(25-2)14(19)9-11/h3-10H,1-2H3,(H,20,23)(H,21,24). The molecule has 7 heteroatoms.